The van der Waals surface area contributed by atoms with Gasteiger partial charge in [0, 0.05) is 48.3 Å². The van der Waals surface area contributed by atoms with E-state index >= 15 is 0 Å². The number of aromatic nitrogens is 4. The summed E-state index contributed by atoms with van der Waals surface area (Å²) < 4.78 is 5.83. The van der Waals surface area contributed by atoms with E-state index in [0.717, 1.165) is 59.7 Å². The molecule has 0 amide bonds. The summed E-state index contributed by atoms with van der Waals surface area (Å²) in [6, 6.07) is 7.91. The third-order valence-electron chi connectivity index (χ3n) is 6.77. The highest BCUT2D eigenvalue weighted by Gasteiger charge is 2.47. The Hall–Kier alpha value is -2.26. The molecular formula is C24H27ClN6OS. The molecule has 0 bridgehead atoms. The molecule has 5 rings (SSSR count). The fraction of sp³-hybridized carbons (Fsp3) is 0.417. The Balaban J connectivity index is 1.23. The SMILES string of the molecule is C[C@@H]1OCC2(CCN(c3cnc(Sc4cccc(Cc5ncccn5)c4Cl)cn3)CC2)[C@@H]1N. The van der Waals surface area contributed by atoms with Crippen molar-refractivity contribution in [2.45, 2.75) is 48.3 Å². The quantitative estimate of drug-likeness (QED) is 0.583. The number of anilines is 1. The number of nitrogens with two attached hydrogens (primary N) is 1. The molecular weight excluding hydrogens is 456 g/mol. The topological polar surface area (TPSA) is 90.0 Å². The van der Waals surface area contributed by atoms with E-state index in [2.05, 4.69) is 31.8 Å². The van der Waals surface area contributed by atoms with Crippen LogP contribution in [0.25, 0.3) is 0 Å². The lowest BCUT2D eigenvalue weighted by molar-refractivity contribution is 0.0974. The van der Waals surface area contributed by atoms with Crippen LogP contribution in [0.2, 0.25) is 5.02 Å². The summed E-state index contributed by atoms with van der Waals surface area (Å²) in [7, 11) is 0. The number of rotatable bonds is 5. The standard InChI is InChI=1S/C24H27ClN6OS/c1-16-23(26)24(15-32-16)6-10-31(11-7-24)20-13-30-21(14-29-20)33-18-5-2-4-17(22(18)25)12-19-27-8-3-9-28-19/h2-5,8-9,13-14,16,23H,6-7,10-12,15,26H2,1H3/t16-,23+/m0/s1. The van der Waals surface area contributed by atoms with E-state index in [1.165, 1.54) is 11.8 Å². The van der Waals surface area contributed by atoms with Crippen molar-refractivity contribution >= 4 is 29.2 Å². The van der Waals surface area contributed by atoms with Crippen molar-refractivity contribution in [1.82, 2.24) is 19.9 Å². The molecule has 33 heavy (non-hydrogen) atoms. The van der Waals surface area contributed by atoms with E-state index in [1.54, 1.807) is 18.5 Å². The zero-order valence-electron chi connectivity index (χ0n) is 18.5. The number of benzene rings is 1. The molecule has 3 aromatic rings. The van der Waals surface area contributed by atoms with E-state index in [1.807, 2.05) is 30.6 Å². The van der Waals surface area contributed by atoms with Crippen LogP contribution in [0.15, 0.2) is 59.0 Å². The number of ether oxygens (including phenoxy) is 1. The summed E-state index contributed by atoms with van der Waals surface area (Å²) in [5.41, 5.74) is 7.53. The van der Waals surface area contributed by atoms with E-state index < -0.39 is 0 Å². The van der Waals surface area contributed by atoms with Gasteiger partial charge >= 0.3 is 0 Å². The van der Waals surface area contributed by atoms with Crippen LogP contribution in [0.3, 0.4) is 0 Å². The second-order valence-electron chi connectivity index (χ2n) is 8.78. The minimum Gasteiger partial charge on any atom is -0.376 e. The Kier molecular flexibility index (Phi) is 6.51. The molecule has 2 saturated heterocycles. The monoisotopic (exact) mass is 482 g/mol. The molecule has 2 aliphatic heterocycles. The fourth-order valence-corrected chi connectivity index (χ4v) is 5.77. The van der Waals surface area contributed by atoms with E-state index in [0.29, 0.717) is 11.4 Å². The summed E-state index contributed by atoms with van der Waals surface area (Å²) in [4.78, 5) is 21.2. The predicted octanol–water partition coefficient (Wildman–Crippen LogP) is 3.99. The van der Waals surface area contributed by atoms with Crippen molar-refractivity contribution in [3.63, 3.8) is 0 Å². The average Bonchev–Trinajstić information content (AvgIpc) is 3.12. The molecule has 0 saturated carbocycles. The van der Waals surface area contributed by atoms with Crippen molar-refractivity contribution in [2.24, 2.45) is 11.1 Å². The molecule has 9 heteroatoms. The molecule has 0 unspecified atom stereocenters. The lowest BCUT2D eigenvalue weighted by Crippen LogP contribution is -2.50. The van der Waals surface area contributed by atoms with E-state index in [-0.39, 0.29) is 17.6 Å². The van der Waals surface area contributed by atoms with Crippen LogP contribution in [-0.2, 0) is 11.2 Å². The maximum atomic E-state index is 6.69. The summed E-state index contributed by atoms with van der Waals surface area (Å²) >= 11 is 8.20. The number of halogens is 1. The molecule has 2 aliphatic rings. The first kappa shape index (κ1) is 22.5. The maximum absolute atomic E-state index is 6.69. The highest BCUT2D eigenvalue weighted by Crippen LogP contribution is 2.42. The van der Waals surface area contributed by atoms with Crippen LogP contribution < -0.4 is 10.6 Å². The first-order valence-electron chi connectivity index (χ1n) is 11.2. The molecule has 1 spiro atoms. The predicted molar refractivity (Wildman–Crippen MR) is 130 cm³/mol. The van der Waals surface area contributed by atoms with Crippen molar-refractivity contribution in [1.29, 1.82) is 0 Å². The van der Waals surface area contributed by atoms with E-state index in [4.69, 9.17) is 22.1 Å². The smallest absolute Gasteiger partial charge is 0.147 e. The lowest BCUT2D eigenvalue weighted by Gasteiger charge is -2.41. The van der Waals surface area contributed by atoms with Gasteiger partial charge in [-0.3, -0.25) is 0 Å². The Morgan fingerprint density at radius 1 is 1.12 bits per heavy atom. The third kappa shape index (κ3) is 4.71. The first-order valence-corrected chi connectivity index (χ1v) is 12.4. The first-order chi connectivity index (χ1) is 16.0. The molecule has 4 heterocycles. The zero-order chi connectivity index (χ0) is 22.8. The Morgan fingerprint density at radius 3 is 2.58 bits per heavy atom. The van der Waals surface area contributed by atoms with Gasteiger partial charge < -0.3 is 15.4 Å². The summed E-state index contributed by atoms with van der Waals surface area (Å²) in [6.45, 7) is 4.67. The molecule has 1 aromatic carbocycles. The van der Waals surface area contributed by atoms with Gasteiger partial charge in [-0.25, -0.2) is 19.9 Å². The summed E-state index contributed by atoms with van der Waals surface area (Å²) in [5.74, 6) is 1.64. The summed E-state index contributed by atoms with van der Waals surface area (Å²) in [5, 5.41) is 1.51. The highest BCUT2D eigenvalue weighted by molar-refractivity contribution is 7.99. The van der Waals surface area contributed by atoms with Crippen molar-refractivity contribution in [3.8, 4) is 0 Å². The molecule has 2 N–H and O–H groups in total. The molecule has 0 radical (unpaired) electrons. The molecule has 0 aliphatic carbocycles. The lowest BCUT2D eigenvalue weighted by atomic mass is 9.73. The number of hydrogen-bond donors (Lipinski definition) is 1. The Morgan fingerprint density at radius 2 is 1.91 bits per heavy atom. The molecule has 2 fully saturated rings. The highest BCUT2D eigenvalue weighted by atomic mass is 35.5. The Labute approximate surface area is 203 Å². The van der Waals surface area contributed by atoms with Crippen LogP contribution in [0.1, 0.15) is 31.2 Å². The van der Waals surface area contributed by atoms with Gasteiger partial charge in [0.2, 0.25) is 0 Å². The van der Waals surface area contributed by atoms with Crippen molar-refractivity contribution < 1.29 is 4.74 Å². The van der Waals surface area contributed by atoms with Gasteiger partial charge in [-0.1, -0.05) is 35.5 Å². The Bertz CT molecular complexity index is 1090. The minimum absolute atomic E-state index is 0.103. The second-order valence-corrected chi connectivity index (χ2v) is 10.2. The average molecular weight is 483 g/mol. The van der Waals surface area contributed by atoms with Crippen LogP contribution >= 0.6 is 23.4 Å². The van der Waals surface area contributed by atoms with Gasteiger partial charge in [-0.15, -0.1) is 0 Å². The van der Waals surface area contributed by atoms with Gasteiger partial charge in [0.15, 0.2) is 0 Å². The molecule has 2 aromatic heterocycles. The van der Waals surface area contributed by atoms with Crippen molar-refractivity contribution in [2.75, 3.05) is 24.6 Å². The van der Waals surface area contributed by atoms with Gasteiger partial charge in [-0.05, 0) is 37.5 Å². The van der Waals surface area contributed by atoms with Crippen LogP contribution in [-0.4, -0.2) is 51.8 Å². The maximum Gasteiger partial charge on any atom is 0.147 e. The minimum atomic E-state index is 0.103. The number of hydrogen-bond acceptors (Lipinski definition) is 8. The molecule has 7 nitrogen and oxygen atoms in total. The van der Waals surface area contributed by atoms with E-state index in [9.17, 15) is 0 Å². The fourth-order valence-electron chi connectivity index (χ4n) is 4.66. The van der Waals surface area contributed by atoms with Crippen molar-refractivity contribution in [3.05, 3.63) is 65.5 Å². The van der Waals surface area contributed by atoms with Gasteiger partial charge in [0.1, 0.15) is 16.7 Å². The van der Waals surface area contributed by atoms with Crippen LogP contribution in [0.4, 0.5) is 5.82 Å². The summed E-state index contributed by atoms with van der Waals surface area (Å²) in [6.07, 6.45) is 9.91. The van der Waals surface area contributed by atoms with Gasteiger partial charge in [0.25, 0.3) is 0 Å². The zero-order valence-corrected chi connectivity index (χ0v) is 20.1. The van der Waals surface area contributed by atoms with Gasteiger partial charge in [0.05, 0.1) is 30.1 Å². The number of piperidine rings is 1. The third-order valence-corrected chi connectivity index (χ3v) is 8.31. The second kappa shape index (κ2) is 9.54. The van der Waals surface area contributed by atoms with Crippen LogP contribution in [0, 0.1) is 5.41 Å². The largest absolute Gasteiger partial charge is 0.376 e. The number of nitrogens with zero attached hydrogens (tertiary/aromatic N) is 5. The van der Waals surface area contributed by atoms with Crippen LogP contribution in [0.5, 0.6) is 0 Å². The van der Waals surface area contributed by atoms with Gasteiger partial charge in [-0.2, -0.15) is 0 Å². The molecule has 2 atom stereocenters. The normalized spacial score (nSPS) is 22.1. The molecule has 172 valence electrons.